The van der Waals surface area contributed by atoms with Crippen LogP contribution in [-0.2, 0) is 25.4 Å². The molecular formula is C25H25F3N6O7S. The van der Waals surface area contributed by atoms with Crippen LogP contribution in [0.4, 0.5) is 18.0 Å². The van der Waals surface area contributed by atoms with Crippen LogP contribution >= 0.6 is 11.3 Å². The number of aldehydes is 1. The van der Waals surface area contributed by atoms with Gasteiger partial charge in [0.2, 0.25) is 11.8 Å². The van der Waals surface area contributed by atoms with Crippen molar-refractivity contribution in [3.8, 4) is 10.6 Å². The molecule has 13 nitrogen and oxygen atoms in total. The molecule has 2 aromatic rings. The van der Waals surface area contributed by atoms with Gasteiger partial charge in [-0.3, -0.25) is 24.6 Å². The molecule has 3 heterocycles. The van der Waals surface area contributed by atoms with Crippen LogP contribution in [0.1, 0.15) is 46.6 Å². The predicted molar refractivity (Wildman–Crippen MR) is 138 cm³/mol. The zero-order chi connectivity index (χ0) is 30.8. The van der Waals surface area contributed by atoms with Crippen molar-refractivity contribution in [1.82, 2.24) is 30.8 Å². The van der Waals surface area contributed by atoms with Crippen LogP contribution < -0.4 is 10.7 Å². The Morgan fingerprint density at radius 2 is 1.88 bits per heavy atom. The molecule has 4 rings (SSSR count). The van der Waals surface area contributed by atoms with E-state index in [1.807, 2.05) is 0 Å². The van der Waals surface area contributed by atoms with E-state index in [9.17, 15) is 41.9 Å². The Kier molecular flexibility index (Phi) is 8.79. The number of nitrogens with one attached hydrogen (secondary N) is 2. The minimum absolute atomic E-state index is 0.0700. The molecular weight excluding hydrogens is 585 g/mol. The first-order valence-electron chi connectivity index (χ1n) is 12.6. The normalized spacial score (nSPS) is 18.2. The third-order valence-corrected chi connectivity index (χ3v) is 7.76. The van der Waals surface area contributed by atoms with Gasteiger partial charge in [-0.05, 0) is 31.9 Å². The number of carbonyl (C=O) groups excluding carboxylic acids is 5. The predicted octanol–water partition coefficient (Wildman–Crippen LogP) is 1.97. The molecule has 2 fully saturated rings. The second-order valence-corrected chi connectivity index (χ2v) is 10.5. The number of rotatable bonds is 8. The minimum Gasteiger partial charge on any atom is -0.481 e. The fourth-order valence-electron chi connectivity index (χ4n) is 4.52. The van der Waals surface area contributed by atoms with Gasteiger partial charge in [0.15, 0.2) is 0 Å². The topological polar surface area (TPSA) is 169 Å². The lowest BCUT2D eigenvalue weighted by molar-refractivity contribution is -0.155. The van der Waals surface area contributed by atoms with Gasteiger partial charge in [-0.1, -0.05) is 12.1 Å². The van der Waals surface area contributed by atoms with Crippen LogP contribution in [0, 0.1) is 6.92 Å². The summed E-state index contributed by atoms with van der Waals surface area (Å²) in [7, 11) is 0. The van der Waals surface area contributed by atoms with Crippen LogP contribution in [0.3, 0.4) is 0 Å². The summed E-state index contributed by atoms with van der Waals surface area (Å²) in [5, 5.41) is 14.4. The van der Waals surface area contributed by atoms with Crippen molar-refractivity contribution in [3.63, 3.8) is 0 Å². The van der Waals surface area contributed by atoms with Crippen molar-refractivity contribution in [2.24, 2.45) is 0 Å². The van der Waals surface area contributed by atoms with E-state index in [0.29, 0.717) is 12.0 Å². The standard InChI is InChI=1S/C25H25F3N6O7S/c1-13-20(42-23(29-13)14-4-6-15(7-5-14)25(26,27)28)22(40)31-32-10-8-18(36)33-9-2-3-17(34(33)24(32)41)21(39)30-16(12-35)11-19(37)38/h4-7,12,16-17H,2-3,8-11H2,1H3,(H,30,39)(H,31,40)(H,37,38)/t16-,17-/m0/s1. The van der Waals surface area contributed by atoms with Crippen molar-refractivity contribution >= 4 is 47.3 Å². The van der Waals surface area contributed by atoms with E-state index in [-0.39, 0.29) is 47.8 Å². The third-order valence-electron chi connectivity index (χ3n) is 6.55. The number of hydrogen-bond acceptors (Lipinski definition) is 8. The molecule has 2 aliphatic rings. The number of aryl methyl sites for hydroxylation is 1. The molecule has 0 saturated carbocycles. The molecule has 0 radical (unpaired) electrons. The van der Waals surface area contributed by atoms with E-state index < -0.39 is 60.0 Å². The summed E-state index contributed by atoms with van der Waals surface area (Å²) in [5.74, 6) is -3.43. The summed E-state index contributed by atoms with van der Waals surface area (Å²) in [6.07, 6.45) is -4.68. The molecule has 0 unspecified atom stereocenters. The highest BCUT2D eigenvalue weighted by Gasteiger charge is 2.44. The Morgan fingerprint density at radius 3 is 2.50 bits per heavy atom. The Labute approximate surface area is 240 Å². The Morgan fingerprint density at radius 1 is 1.19 bits per heavy atom. The molecule has 5 amide bonds. The van der Waals surface area contributed by atoms with Crippen LogP contribution in [0.25, 0.3) is 10.6 Å². The van der Waals surface area contributed by atoms with E-state index in [0.717, 1.165) is 38.5 Å². The monoisotopic (exact) mass is 610 g/mol. The zero-order valence-corrected chi connectivity index (χ0v) is 22.8. The lowest BCUT2D eigenvalue weighted by atomic mass is 10.1. The third kappa shape index (κ3) is 6.50. The molecule has 42 heavy (non-hydrogen) atoms. The van der Waals surface area contributed by atoms with Gasteiger partial charge in [0, 0.05) is 18.5 Å². The van der Waals surface area contributed by atoms with Gasteiger partial charge < -0.3 is 15.2 Å². The van der Waals surface area contributed by atoms with E-state index in [1.165, 1.54) is 19.1 Å². The number of amides is 5. The highest BCUT2D eigenvalue weighted by Crippen LogP contribution is 2.33. The summed E-state index contributed by atoms with van der Waals surface area (Å²) in [5.41, 5.74) is 2.19. The maximum atomic E-state index is 13.6. The molecule has 224 valence electrons. The van der Waals surface area contributed by atoms with Gasteiger partial charge in [-0.25, -0.2) is 24.8 Å². The average molecular weight is 611 g/mol. The molecule has 3 N–H and O–H groups in total. The Hall–Kier alpha value is -4.54. The number of alkyl halides is 3. The van der Waals surface area contributed by atoms with Crippen molar-refractivity contribution in [2.75, 3.05) is 13.1 Å². The number of carboxylic acids is 1. The number of aliphatic carboxylic acids is 1. The number of thiazole rings is 1. The van der Waals surface area contributed by atoms with Crippen molar-refractivity contribution in [3.05, 3.63) is 40.4 Å². The number of hydrogen-bond donors (Lipinski definition) is 3. The van der Waals surface area contributed by atoms with Gasteiger partial charge in [-0.15, -0.1) is 11.3 Å². The number of carboxylic acid groups (broad SMARTS) is 1. The fraction of sp³-hybridized carbons (Fsp3) is 0.400. The van der Waals surface area contributed by atoms with Crippen molar-refractivity contribution in [2.45, 2.75) is 50.9 Å². The molecule has 0 spiro atoms. The molecule has 2 atom stereocenters. The highest BCUT2D eigenvalue weighted by atomic mass is 32.1. The smallest absolute Gasteiger partial charge is 0.416 e. The van der Waals surface area contributed by atoms with E-state index in [1.54, 1.807) is 0 Å². The second kappa shape index (κ2) is 12.1. The number of urea groups is 1. The summed E-state index contributed by atoms with van der Waals surface area (Å²) >= 11 is 0.893. The molecule has 1 aromatic heterocycles. The zero-order valence-electron chi connectivity index (χ0n) is 22.0. The van der Waals surface area contributed by atoms with Gasteiger partial charge in [0.25, 0.3) is 5.91 Å². The maximum Gasteiger partial charge on any atom is 0.416 e. The minimum atomic E-state index is -4.51. The summed E-state index contributed by atoms with van der Waals surface area (Å²) in [4.78, 5) is 79.2. The van der Waals surface area contributed by atoms with Gasteiger partial charge >= 0.3 is 18.2 Å². The number of hydrazine groups is 2. The van der Waals surface area contributed by atoms with Crippen LogP contribution in [0.5, 0.6) is 0 Å². The summed E-state index contributed by atoms with van der Waals surface area (Å²) in [6, 6.07) is 0.735. The number of nitrogens with zero attached hydrogens (tertiary/aromatic N) is 4. The van der Waals surface area contributed by atoms with Gasteiger partial charge in [0.1, 0.15) is 22.2 Å². The number of halogens is 3. The first-order chi connectivity index (χ1) is 19.8. The molecule has 2 aliphatic heterocycles. The van der Waals surface area contributed by atoms with Crippen molar-refractivity contribution in [1.29, 1.82) is 0 Å². The lowest BCUT2D eigenvalue weighted by Gasteiger charge is -2.42. The Bertz CT molecular complexity index is 1410. The molecule has 0 aliphatic carbocycles. The van der Waals surface area contributed by atoms with E-state index >= 15 is 0 Å². The fourth-order valence-corrected chi connectivity index (χ4v) is 5.48. The second-order valence-electron chi connectivity index (χ2n) is 9.50. The first-order valence-corrected chi connectivity index (χ1v) is 13.5. The first kappa shape index (κ1) is 30.4. The molecule has 17 heteroatoms. The lowest BCUT2D eigenvalue weighted by Crippen LogP contribution is -2.64. The number of carbonyl (C=O) groups is 6. The quantitative estimate of drug-likeness (QED) is 0.381. The largest absolute Gasteiger partial charge is 0.481 e. The van der Waals surface area contributed by atoms with Gasteiger partial charge in [0.05, 0.1) is 30.3 Å². The SMILES string of the molecule is Cc1nc(-c2ccc(C(F)(F)F)cc2)sc1C(=O)NN1CCC(=O)N2CCC[C@@H](C(=O)N[C@H](C=O)CC(=O)O)N2C1=O. The van der Waals surface area contributed by atoms with Gasteiger partial charge in [-0.2, -0.15) is 13.2 Å². The molecule has 1 aromatic carbocycles. The van der Waals surface area contributed by atoms with E-state index in [2.05, 4.69) is 15.7 Å². The average Bonchev–Trinajstić information content (AvgIpc) is 3.29. The summed E-state index contributed by atoms with van der Waals surface area (Å²) < 4.78 is 38.7. The highest BCUT2D eigenvalue weighted by molar-refractivity contribution is 7.17. The van der Waals surface area contributed by atoms with Crippen LogP contribution in [0.15, 0.2) is 24.3 Å². The molecule has 0 bridgehead atoms. The molecule has 2 saturated heterocycles. The Balaban J connectivity index is 1.53. The van der Waals surface area contributed by atoms with Crippen LogP contribution in [0.2, 0.25) is 0 Å². The summed E-state index contributed by atoms with van der Waals surface area (Å²) in [6.45, 7) is 1.40. The van der Waals surface area contributed by atoms with Crippen molar-refractivity contribution < 1.29 is 47.0 Å². The van der Waals surface area contributed by atoms with Crippen LogP contribution in [-0.4, -0.2) is 86.3 Å². The number of benzene rings is 1. The number of aromatic nitrogens is 1. The maximum absolute atomic E-state index is 13.6. The number of fused-ring (bicyclic) bond motifs is 1. The van der Waals surface area contributed by atoms with E-state index in [4.69, 9.17) is 5.11 Å².